The molecule has 22 heavy (non-hydrogen) atoms. The predicted octanol–water partition coefficient (Wildman–Crippen LogP) is 3.35. The van der Waals surface area contributed by atoms with Crippen LogP contribution in [0.15, 0.2) is 48.8 Å². The van der Waals surface area contributed by atoms with Gasteiger partial charge in [-0.05, 0) is 36.8 Å². The van der Waals surface area contributed by atoms with Crippen LogP contribution in [0.25, 0.3) is 10.6 Å². The van der Waals surface area contributed by atoms with Crippen LogP contribution in [0.5, 0.6) is 0 Å². The second kappa shape index (κ2) is 5.95. The first-order valence-electron chi connectivity index (χ1n) is 6.68. The van der Waals surface area contributed by atoms with Gasteiger partial charge >= 0.3 is 0 Å². The molecular weight excluding hydrogens is 296 g/mol. The molecular formula is C16H14N4OS. The van der Waals surface area contributed by atoms with E-state index < -0.39 is 0 Å². The van der Waals surface area contributed by atoms with Gasteiger partial charge in [0.25, 0.3) is 5.91 Å². The number of aryl methyl sites for hydroxylation is 1. The molecule has 0 unspecified atom stereocenters. The first kappa shape index (κ1) is 14.2. The first-order chi connectivity index (χ1) is 10.6. The number of anilines is 2. The number of nitrogens with one attached hydrogen (secondary N) is 1. The number of nitrogen functional groups attached to an aromatic ring is 1. The number of carbonyl (C=O) groups is 1. The third-order valence-electron chi connectivity index (χ3n) is 3.04. The molecule has 0 radical (unpaired) electrons. The summed E-state index contributed by atoms with van der Waals surface area (Å²) in [5.74, 6) is -0.0234. The van der Waals surface area contributed by atoms with Crippen molar-refractivity contribution in [1.82, 2.24) is 9.97 Å². The lowest BCUT2D eigenvalue weighted by Gasteiger charge is -2.04. The summed E-state index contributed by atoms with van der Waals surface area (Å²) < 4.78 is 0. The Morgan fingerprint density at radius 2 is 2.14 bits per heavy atom. The quantitative estimate of drug-likeness (QED) is 0.777. The van der Waals surface area contributed by atoms with E-state index in [4.69, 9.17) is 5.73 Å². The van der Waals surface area contributed by atoms with Gasteiger partial charge in [-0.25, -0.2) is 4.98 Å². The van der Waals surface area contributed by atoms with Gasteiger partial charge < -0.3 is 11.1 Å². The summed E-state index contributed by atoms with van der Waals surface area (Å²) in [6, 6.07) is 11.3. The van der Waals surface area contributed by atoms with E-state index >= 15 is 0 Å². The highest BCUT2D eigenvalue weighted by Crippen LogP contribution is 2.29. The van der Waals surface area contributed by atoms with Gasteiger partial charge in [0, 0.05) is 23.6 Å². The standard InChI is InChI=1S/C16H14N4OS/c1-10-4-2-6-12(8-10)19-15(21)13-14(17)20-16(22-13)11-5-3-7-18-9-11/h2-9H,17H2,1H3,(H,19,21). The third kappa shape index (κ3) is 2.96. The lowest BCUT2D eigenvalue weighted by Crippen LogP contribution is -2.12. The van der Waals surface area contributed by atoms with Crippen LogP contribution in [-0.4, -0.2) is 15.9 Å². The van der Waals surface area contributed by atoms with Gasteiger partial charge in [-0.2, -0.15) is 0 Å². The molecule has 2 aromatic heterocycles. The molecule has 2 heterocycles. The van der Waals surface area contributed by atoms with Gasteiger partial charge in [-0.1, -0.05) is 12.1 Å². The number of hydrogen-bond acceptors (Lipinski definition) is 5. The van der Waals surface area contributed by atoms with E-state index in [0.717, 1.165) is 16.8 Å². The van der Waals surface area contributed by atoms with Gasteiger partial charge in [0.2, 0.25) is 0 Å². The first-order valence-corrected chi connectivity index (χ1v) is 7.50. The van der Waals surface area contributed by atoms with E-state index in [1.165, 1.54) is 11.3 Å². The molecule has 0 bridgehead atoms. The second-order valence-corrected chi connectivity index (χ2v) is 5.80. The number of pyridine rings is 1. The van der Waals surface area contributed by atoms with E-state index in [1.807, 2.05) is 43.3 Å². The van der Waals surface area contributed by atoms with Crippen molar-refractivity contribution >= 4 is 28.7 Å². The molecule has 110 valence electrons. The Morgan fingerprint density at radius 1 is 1.27 bits per heavy atom. The zero-order chi connectivity index (χ0) is 15.5. The highest BCUT2D eigenvalue weighted by atomic mass is 32.1. The number of rotatable bonds is 3. The fourth-order valence-corrected chi connectivity index (χ4v) is 2.89. The minimum Gasteiger partial charge on any atom is -0.382 e. The van der Waals surface area contributed by atoms with Gasteiger partial charge in [0.1, 0.15) is 15.7 Å². The summed E-state index contributed by atoms with van der Waals surface area (Å²) in [6.07, 6.45) is 3.38. The Kier molecular flexibility index (Phi) is 3.84. The van der Waals surface area contributed by atoms with E-state index in [2.05, 4.69) is 15.3 Å². The van der Waals surface area contributed by atoms with Crippen molar-refractivity contribution in [1.29, 1.82) is 0 Å². The molecule has 6 heteroatoms. The molecule has 3 N–H and O–H groups in total. The van der Waals surface area contributed by atoms with Crippen LogP contribution in [0.2, 0.25) is 0 Å². The summed E-state index contributed by atoms with van der Waals surface area (Å²) >= 11 is 1.26. The molecule has 1 aromatic carbocycles. The monoisotopic (exact) mass is 310 g/mol. The maximum Gasteiger partial charge on any atom is 0.269 e. The average Bonchev–Trinajstić information content (AvgIpc) is 2.90. The smallest absolute Gasteiger partial charge is 0.269 e. The van der Waals surface area contributed by atoms with Crippen molar-refractivity contribution in [2.75, 3.05) is 11.1 Å². The maximum atomic E-state index is 12.4. The molecule has 3 aromatic rings. The maximum absolute atomic E-state index is 12.4. The molecule has 3 rings (SSSR count). The fourth-order valence-electron chi connectivity index (χ4n) is 2.02. The molecule has 0 aliphatic rings. The van der Waals surface area contributed by atoms with Crippen LogP contribution in [0.1, 0.15) is 15.2 Å². The lowest BCUT2D eigenvalue weighted by atomic mass is 10.2. The summed E-state index contributed by atoms with van der Waals surface area (Å²) in [5, 5.41) is 3.52. The van der Waals surface area contributed by atoms with E-state index in [0.29, 0.717) is 9.88 Å². The Bertz CT molecular complexity index is 814. The Balaban J connectivity index is 1.86. The van der Waals surface area contributed by atoms with Gasteiger partial charge in [0.05, 0.1) is 0 Å². The molecule has 0 spiro atoms. The number of hydrogen-bond donors (Lipinski definition) is 2. The Morgan fingerprint density at radius 3 is 2.86 bits per heavy atom. The summed E-state index contributed by atoms with van der Waals surface area (Å²) in [6.45, 7) is 1.97. The lowest BCUT2D eigenvalue weighted by molar-refractivity contribution is 0.103. The van der Waals surface area contributed by atoms with Crippen LogP contribution in [0.3, 0.4) is 0 Å². The largest absolute Gasteiger partial charge is 0.382 e. The van der Waals surface area contributed by atoms with Crippen LogP contribution in [-0.2, 0) is 0 Å². The fraction of sp³-hybridized carbons (Fsp3) is 0.0625. The molecule has 5 nitrogen and oxygen atoms in total. The van der Waals surface area contributed by atoms with E-state index in [-0.39, 0.29) is 11.7 Å². The minimum absolute atomic E-state index is 0.231. The van der Waals surface area contributed by atoms with Crippen LogP contribution >= 0.6 is 11.3 Å². The molecule has 0 saturated carbocycles. The van der Waals surface area contributed by atoms with Crippen LogP contribution in [0.4, 0.5) is 11.5 Å². The van der Waals surface area contributed by atoms with Crippen LogP contribution in [0, 0.1) is 6.92 Å². The SMILES string of the molecule is Cc1cccc(NC(=O)c2sc(-c3cccnc3)nc2N)c1. The Labute approximate surface area is 131 Å². The molecule has 0 saturated heterocycles. The zero-order valence-corrected chi connectivity index (χ0v) is 12.7. The van der Waals surface area contributed by atoms with Crippen molar-refractivity contribution in [2.45, 2.75) is 6.92 Å². The number of nitrogens with zero attached hydrogens (tertiary/aromatic N) is 2. The van der Waals surface area contributed by atoms with Crippen molar-refractivity contribution in [3.63, 3.8) is 0 Å². The molecule has 1 amide bonds. The van der Waals surface area contributed by atoms with Gasteiger partial charge in [0.15, 0.2) is 0 Å². The molecule has 0 atom stereocenters. The zero-order valence-electron chi connectivity index (χ0n) is 11.9. The molecule has 0 aliphatic heterocycles. The topological polar surface area (TPSA) is 80.9 Å². The van der Waals surface area contributed by atoms with Crippen molar-refractivity contribution in [3.05, 3.63) is 59.2 Å². The predicted molar refractivity (Wildman–Crippen MR) is 88.9 cm³/mol. The van der Waals surface area contributed by atoms with Gasteiger partial charge in [-0.3, -0.25) is 9.78 Å². The minimum atomic E-state index is -0.254. The molecule has 0 fully saturated rings. The third-order valence-corrected chi connectivity index (χ3v) is 4.16. The Hall–Kier alpha value is -2.73. The van der Waals surface area contributed by atoms with Crippen LogP contribution < -0.4 is 11.1 Å². The average molecular weight is 310 g/mol. The van der Waals surface area contributed by atoms with E-state index in [9.17, 15) is 4.79 Å². The van der Waals surface area contributed by atoms with Crippen molar-refractivity contribution in [2.24, 2.45) is 0 Å². The normalized spacial score (nSPS) is 10.4. The number of aromatic nitrogens is 2. The summed E-state index contributed by atoms with van der Waals surface area (Å²) in [4.78, 5) is 21.1. The van der Waals surface area contributed by atoms with Gasteiger partial charge in [-0.15, -0.1) is 11.3 Å². The molecule has 0 aliphatic carbocycles. The number of amides is 1. The highest BCUT2D eigenvalue weighted by molar-refractivity contribution is 7.17. The summed E-state index contributed by atoms with van der Waals surface area (Å²) in [7, 11) is 0. The van der Waals surface area contributed by atoms with Crippen molar-refractivity contribution in [3.8, 4) is 10.6 Å². The summed E-state index contributed by atoms with van der Waals surface area (Å²) in [5.41, 5.74) is 8.53. The number of thiazole rings is 1. The van der Waals surface area contributed by atoms with Crippen molar-refractivity contribution < 1.29 is 4.79 Å². The number of carbonyl (C=O) groups excluding carboxylic acids is 1. The second-order valence-electron chi connectivity index (χ2n) is 4.80. The number of benzene rings is 1. The number of nitrogens with two attached hydrogens (primary N) is 1. The highest BCUT2D eigenvalue weighted by Gasteiger charge is 2.17. The van der Waals surface area contributed by atoms with E-state index in [1.54, 1.807) is 12.4 Å².